The number of carbonyl (C=O) groups is 7. The third-order valence-corrected chi connectivity index (χ3v) is 10.7. The Balaban J connectivity index is 2.29. The summed E-state index contributed by atoms with van der Waals surface area (Å²) >= 11 is 5.28. The molecule has 0 aliphatic carbocycles. The summed E-state index contributed by atoms with van der Waals surface area (Å²) in [5.41, 5.74) is 11.6. The van der Waals surface area contributed by atoms with Crippen LogP contribution in [0.4, 0.5) is 5.69 Å². The molecule has 0 spiro atoms. The van der Waals surface area contributed by atoms with E-state index < -0.39 is 101 Å². The molecule has 14 N–H and O–H groups in total. The highest BCUT2D eigenvalue weighted by Crippen LogP contribution is 2.15. The first-order chi connectivity index (χ1) is 30.9. The minimum atomic E-state index is -4.42. The number of nitrogens with two attached hydrogens (primary N) is 2. The molecule has 0 heterocycles. The fourth-order valence-electron chi connectivity index (χ4n) is 6.29. The molecule has 2 aromatic carbocycles. The number of carbonyl (C=O) groups excluding carboxylic acids is 5. The van der Waals surface area contributed by atoms with Crippen molar-refractivity contribution in [3.63, 3.8) is 0 Å². The minimum absolute atomic E-state index is 0.0307. The molecule has 66 heavy (non-hydrogen) atoms. The summed E-state index contributed by atoms with van der Waals surface area (Å²) in [6, 6.07) is 5.75. The normalized spacial score (nSPS) is 13.9. The Morgan fingerprint density at radius 2 is 1.14 bits per heavy atom. The quantitative estimate of drug-likeness (QED) is 0.0189. The topological polar surface area (TPSA) is 363 Å². The second kappa shape index (κ2) is 27.2. The highest BCUT2D eigenvalue weighted by molar-refractivity contribution is 7.85. The number of benzene rings is 2. The minimum Gasteiger partial charge on any atom is -0.481 e. The highest BCUT2D eigenvalue weighted by atomic mass is 32.2. The first-order valence-corrected chi connectivity index (χ1v) is 22.9. The number of nitrogens with one attached hydrogen (secondary N) is 7. The van der Waals surface area contributed by atoms with E-state index in [0.29, 0.717) is 11.3 Å². The van der Waals surface area contributed by atoms with Crippen LogP contribution in [0.15, 0.2) is 64.5 Å². The predicted molar refractivity (Wildman–Crippen MR) is 248 cm³/mol. The van der Waals surface area contributed by atoms with Gasteiger partial charge in [-0.3, -0.25) is 38.3 Å². The van der Waals surface area contributed by atoms with Gasteiger partial charge in [0.05, 0.1) is 4.90 Å². The number of guanidine groups is 1. The molecule has 0 aliphatic rings. The number of anilines is 1. The SMILES string of the molecule is CC(C)C[C@H](NC(=O)[C@H](C)NC(=S)Nc1ccc(S(=O)(=O)O)cc1)C(=O)N[C@@H](CCC(=O)O)C(=O)N[C@@H](CC(C)C)C(=O)N[C@@H](Cc1ccccc1)C(=O)N[C@@H](CCCN=C(N)N)C(=O)O. The standard InChI is InChI=1S/C42H62N10O12S2/c1-23(2)20-31(50-35(55)25(5)46-42(65)47-27-13-15-28(16-14-27)66(62,63)64)37(57)48-29(17-18-34(53)54)36(56)51-32(21-24(3)4)38(58)52-33(22-26-10-7-6-8-11-26)39(59)49-30(40(60)61)12-9-19-45-41(43)44/h6-8,10-11,13-16,23-25,29-33H,9,12,17-22H2,1-5H3,(H,48,57)(H,49,59)(H,50,55)(H,51,56)(H,52,58)(H,53,54)(H,60,61)(H4,43,44,45)(H2,46,47,65)(H,62,63,64)/t25-,29-,30-,31-,32-,33-/m0/s1. The lowest BCUT2D eigenvalue weighted by Crippen LogP contribution is -2.60. The zero-order valence-corrected chi connectivity index (χ0v) is 39.0. The average molecular weight is 963 g/mol. The van der Waals surface area contributed by atoms with Crippen molar-refractivity contribution in [3.8, 4) is 0 Å². The van der Waals surface area contributed by atoms with Gasteiger partial charge in [0.25, 0.3) is 10.1 Å². The van der Waals surface area contributed by atoms with Crippen LogP contribution in [0.3, 0.4) is 0 Å². The maximum absolute atomic E-state index is 14.0. The van der Waals surface area contributed by atoms with Crippen LogP contribution in [0.2, 0.25) is 0 Å². The molecular weight excluding hydrogens is 901 g/mol. The van der Waals surface area contributed by atoms with Crippen LogP contribution < -0.4 is 48.7 Å². The zero-order chi connectivity index (χ0) is 49.7. The largest absolute Gasteiger partial charge is 0.481 e. The van der Waals surface area contributed by atoms with Crippen molar-refractivity contribution in [2.75, 3.05) is 11.9 Å². The van der Waals surface area contributed by atoms with Gasteiger partial charge in [-0.05, 0) is 92.9 Å². The van der Waals surface area contributed by atoms with E-state index in [1.165, 1.54) is 19.1 Å². The van der Waals surface area contributed by atoms with Crippen molar-refractivity contribution in [2.45, 2.75) is 121 Å². The number of thiocarbonyl (C=S) groups is 1. The summed E-state index contributed by atoms with van der Waals surface area (Å²) in [6.45, 7) is 8.67. The smallest absolute Gasteiger partial charge is 0.326 e. The number of hydrogen-bond acceptors (Lipinski definition) is 11. The van der Waals surface area contributed by atoms with E-state index in [9.17, 15) is 56.7 Å². The number of hydrogen-bond donors (Lipinski definition) is 12. The Morgan fingerprint density at radius 3 is 1.64 bits per heavy atom. The van der Waals surface area contributed by atoms with Gasteiger partial charge in [0.1, 0.15) is 36.3 Å². The Morgan fingerprint density at radius 1 is 0.652 bits per heavy atom. The monoisotopic (exact) mass is 962 g/mol. The van der Waals surface area contributed by atoms with Gasteiger partial charge in [-0.1, -0.05) is 58.0 Å². The molecular formula is C42H62N10O12S2. The van der Waals surface area contributed by atoms with Crippen LogP contribution in [-0.4, -0.2) is 119 Å². The van der Waals surface area contributed by atoms with Gasteiger partial charge in [0.15, 0.2) is 11.1 Å². The Labute approximate surface area is 389 Å². The van der Waals surface area contributed by atoms with Crippen LogP contribution in [0.5, 0.6) is 0 Å². The predicted octanol–water partition coefficient (Wildman–Crippen LogP) is 0.370. The number of aliphatic imine (C=N–C) groups is 1. The lowest BCUT2D eigenvalue weighted by Gasteiger charge is -2.28. The second-order valence-corrected chi connectivity index (χ2v) is 18.1. The first-order valence-electron chi connectivity index (χ1n) is 21.1. The van der Waals surface area contributed by atoms with Crippen LogP contribution in [0.1, 0.15) is 78.7 Å². The summed E-state index contributed by atoms with van der Waals surface area (Å²) < 4.78 is 31.9. The van der Waals surface area contributed by atoms with E-state index >= 15 is 0 Å². The van der Waals surface area contributed by atoms with Gasteiger partial charge in [-0.25, -0.2) is 4.79 Å². The van der Waals surface area contributed by atoms with Crippen molar-refractivity contribution in [1.29, 1.82) is 0 Å². The van der Waals surface area contributed by atoms with Crippen LogP contribution in [0.25, 0.3) is 0 Å². The van der Waals surface area contributed by atoms with Crippen molar-refractivity contribution in [2.24, 2.45) is 28.3 Å². The summed E-state index contributed by atoms with van der Waals surface area (Å²) in [5.74, 6) is -7.25. The number of aliphatic carboxylic acids is 2. The Bertz CT molecular complexity index is 2140. The molecule has 364 valence electrons. The van der Waals surface area contributed by atoms with Crippen LogP contribution >= 0.6 is 12.2 Å². The van der Waals surface area contributed by atoms with Gasteiger partial charge in [0, 0.05) is 25.1 Å². The molecule has 5 amide bonds. The molecule has 0 saturated carbocycles. The van der Waals surface area contributed by atoms with Gasteiger partial charge in [0.2, 0.25) is 29.5 Å². The highest BCUT2D eigenvalue weighted by Gasteiger charge is 2.34. The number of carboxylic acids is 2. The molecule has 0 unspecified atom stereocenters. The fourth-order valence-corrected chi connectivity index (χ4v) is 7.06. The molecule has 0 saturated heterocycles. The number of nitrogens with zero attached hydrogens (tertiary/aromatic N) is 1. The Kier molecular flexibility index (Phi) is 22.9. The number of rotatable bonds is 27. The molecule has 0 radical (unpaired) electrons. The maximum atomic E-state index is 14.0. The molecule has 6 atom stereocenters. The first kappa shape index (κ1) is 55.7. The molecule has 0 bridgehead atoms. The third-order valence-electron chi connectivity index (χ3n) is 9.59. The van der Waals surface area contributed by atoms with Gasteiger partial charge >= 0.3 is 11.9 Å². The fraction of sp³-hybridized carbons (Fsp3) is 0.500. The molecule has 0 aromatic heterocycles. The van der Waals surface area contributed by atoms with Crippen molar-refractivity contribution < 1.29 is 56.7 Å². The van der Waals surface area contributed by atoms with E-state index in [1.807, 2.05) is 0 Å². The van der Waals surface area contributed by atoms with Crippen molar-refractivity contribution >= 4 is 80.6 Å². The van der Waals surface area contributed by atoms with E-state index in [0.717, 1.165) is 12.1 Å². The van der Waals surface area contributed by atoms with E-state index in [2.05, 4.69) is 42.2 Å². The number of amides is 5. The lowest BCUT2D eigenvalue weighted by molar-refractivity contribution is -0.142. The summed E-state index contributed by atoms with van der Waals surface area (Å²) in [4.78, 5) is 96.2. The molecule has 0 fully saturated rings. The maximum Gasteiger partial charge on any atom is 0.326 e. The summed E-state index contributed by atoms with van der Waals surface area (Å²) in [5, 5.41) is 37.7. The number of carboxylic acid groups (broad SMARTS) is 2. The van der Waals surface area contributed by atoms with E-state index in [-0.39, 0.29) is 66.5 Å². The van der Waals surface area contributed by atoms with Gasteiger partial charge in [-0.15, -0.1) is 0 Å². The van der Waals surface area contributed by atoms with Crippen LogP contribution in [0, 0.1) is 11.8 Å². The Hall–Kier alpha value is -6.40. The van der Waals surface area contributed by atoms with Crippen molar-refractivity contribution in [3.05, 3.63) is 60.2 Å². The van der Waals surface area contributed by atoms with Gasteiger partial charge < -0.3 is 58.9 Å². The molecule has 2 rings (SSSR count). The second-order valence-electron chi connectivity index (χ2n) is 16.3. The molecule has 22 nitrogen and oxygen atoms in total. The van der Waals surface area contributed by atoms with E-state index in [4.69, 9.17) is 23.7 Å². The summed E-state index contributed by atoms with van der Waals surface area (Å²) in [7, 11) is -4.42. The molecule has 24 heteroatoms. The third kappa shape index (κ3) is 21.1. The van der Waals surface area contributed by atoms with E-state index in [1.54, 1.807) is 58.0 Å². The van der Waals surface area contributed by atoms with Gasteiger partial charge in [-0.2, -0.15) is 8.42 Å². The molecule has 0 aliphatic heterocycles. The van der Waals surface area contributed by atoms with Crippen LogP contribution in [-0.2, 0) is 50.1 Å². The lowest BCUT2D eigenvalue weighted by atomic mass is 9.99. The summed E-state index contributed by atoms with van der Waals surface area (Å²) in [6.07, 6.45) is -0.752. The van der Waals surface area contributed by atoms with Crippen molar-refractivity contribution in [1.82, 2.24) is 31.9 Å². The molecule has 2 aromatic rings. The zero-order valence-electron chi connectivity index (χ0n) is 37.4. The average Bonchev–Trinajstić information content (AvgIpc) is 3.21.